The zero-order valence-electron chi connectivity index (χ0n) is 9.29. The molecule has 1 saturated carbocycles. The molecule has 1 aliphatic carbocycles. The lowest BCUT2D eigenvalue weighted by Crippen LogP contribution is -2.12. The highest BCUT2D eigenvalue weighted by molar-refractivity contribution is 5.14. The summed E-state index contributed by atoms with van der Waals surface area (Å²) in [5, 5.41) is 7.13. The van der Waals surface area contributed by atoms with E-state index in [-0.39, 0.29) is 0 Å². The SMILES string of the molecule is C=CCNCc1nc(C2CC2(C)C)no1. The highest BCUT2D eigenvalue weighted by atomic mass is 16.5. The van der Waals surface area contributed by atoms with Crippen molar-refractivity contribution in [1.82, 2.24) is 15.5 Å². The summed E-state index contributed by atoms with van der Waals surface area (Å²) in [7, 11) is 0. The maximum absolute atomic E-state index is 5.15. The van der Waals surface area contributed by atoms with Gasteiger partial charge in [-0.3, -0.25) is 0 Å². The lowest BCUT2D eigenvalue weighted by Gasteiger charge is -1.96. The molecule has 1 aromatic rings. The number of nitrogens with zero attached hydrogens (tertiary/aromatic N) is 2. The van der Waals surface area contributed by atoms with Gasteiger partial charge >= 0.3 is 0 Å². The molecular formula is C11H17N3O. The van der Waals surface area contributed by atoms with Crippen LogP contribution in [0.25, 0.3) is 0 Å². The fraction of sp³-hybridized carbons (Fsp3) is 0.636. The van der Waals surface area contributed by atoms with E-state index < -0.39 is 0 Å². The van der Waals surface area contributed by atoms with E-state index in [0.717, 1.165) is 18.8 Å². The quantitative estimate of drug-likeness (QED) is 0.591. The number of aromatic nitrogens is 2. The van der Waals surface area contributed by atoms with Crippen LogP contribution < -0.4 is 5.32 Å². The molecule has 82 valence electrons. The van der Waals surface area contributed by atoms with Gasteiger partial charge in [0.1, 0.15) is 0 Å². The van der Waals surface area contributed by atoms with E-state index in [9.17, 15) is 0 Å². The van der Waals surface area contributed by atoms with Crippen molar-refractivity contribution in [2.24, 2.45) is 5.41 Å². The van der Waals surface area contributed by atoms with Gasteiger partial charge in [-0.2, -0.15) is 4.98 Å². The Balaban J connectivity index is 1.90. The van der Waals surface area contributed by atoms with Crippen molar-refractivity contribution in [2.75, 3.05) is 6.54 Å². The van der Waals surface area contributed by atoms with Gasteiger partial charge in [-0.05, 0) is 11.8 Å². The molecule has 1 aromatic heterocycles. The van der Waals surface area contributed by atoms with E-state index in [1.165, 1.54) is 0 Å². The topological polar surface area (TPSA) is 51.0 Å². The van der Waals surface area contributed by atoms with Gasteiger partial charge < -0.3 is 9.84 Å². The molecule has 1 atom stereocenters. The molecule has 4 nitrogen and oxygen atoms in total. The van der Waals surface area contributed by atoms with E-state index >= 15 is 0 Å². The minimum absolute atomic E-state index is 0.357. The number of nitrogens with one attached hydrogen (secondary N) is 1. The van der Waals surface area contributed by atoms with E-state index in [0.29, 0.717) is 23.8 Å². The summed E-state index contributed by atoms with van der Waals surface area (Å²) in [5.41, 5.74) is 0.357. The third-order valence-electron chi connectivity index (χ3n) is 2.87. The van der Waals surface area contributed by atoms with Gasteiger partial charge in [-0.25, -0.2) is 0 Å². The molecule has 0 aliphatic heterocycles. The molecular weight excluding hydrogens is 190 g/mol. The Morgan fingerprint density at radius 3 is 3.00 bits per heavy atom. The van der Waals surface area contributed by atoms with Gasteiger partial charge in [-0.1, -0.05) is 25.1 Å². The Labute approximate surface area is 89.8 Å². The molecule has 0 bridgehead atoms. The summed E-state index contributed by atoms with van der Waals surface area (Å²) < 4.78 is 5.15. The fourth-order valence-corrected chi connectivity index (χ4v) is 1.67. The number of hydrogen-bond acceptors (Lipinski definition) is 4. The van der Waals surface area contributed by atoms with Crippen LogP contribution in [-0.2, 0) is 6.54 Å². The van der Waals surface area contributed by atoms with Crippen LogP contribution in [0.5, 0.6) is 0 Å². The summed E-state index contributed by atoms with van der Waals surface area (Å²) in [5.74, 6) is 2.00. The molecule has 0 saturated heterocycles. The van der Waals surface area contributed by atoms with Crippen LogP contribution in [0.3, 0.4) is 0 Å². The van der Waals surface area contributed by atoms with Gasteiger partial charge in [-0.15, -0.1) is 6.58 Å². The van der Waals surface area contributed by atoms with Crippen LogP contribution >= 0.6 is 0 Å². The lowest BCUT2D eigenvalue weighted by molar-refractivity contribution is 0.364. The van der Waals surface area contributed by atoms with Crippen molar-refractivity contribution < 1.29 is 4.52 Å². The Morgan fingerprint density at radius 2 is 2.40 bits per heavy atom. The smallest absolute Gasteiger partial charge is 0.240 e. The van der Waals surface area contributed by atoms with Crippen LogP contribution in [0.2, 0.25) is 0 Å². The van der Waals surface area contributed by atoms with Crippen molar-refractivity contribution in [1.29, 1.82) is 0 Å². The van der Waals surface area contributed by atoms with E-state index in [1.807, 2.05) is 0 Å². The average molecular weight is 207 g/mol. The van der Waals surface area contributed by atoms with Crippen molar-refractivity contribution in [2.45, 2.75) is 32.7 Å². The molecule has 0 spiro atoms. The summed E-state index contributed by atoms with van der Waals surface area (Å²) >= 11 is 0. The zero-order chi connectivity index (χ0) is 10.9. The van der Waals surface area contributed by atoms with Gasteiger partial charge in [0.2, 0.25) is 5.89 Å². The molecule has 1 heterocycles. The average Bonchev–Trinajstić information content (AvgIpc) is 2.64. The maximum atomic E-state index is 5.15. The van der Waals surface area contributed by atoms with Gasteiger partial charge in [0.25, 0.3) is 0 Å². The minimum Gasteiger partial charge on any atom is -0.338 e. The number of hydrogen-bond donors (Lipinski definition) is 1. The molecule has 0 aromatic carbocycles. The highest BCUT2D eigenvalue weighted by Crippen LogP contribution is 2.57. The van der Waals surface area contributed by atoms with Crippen molar-refractivity contribution in [3.05, 3.63) is 24.4 Å². The summed E-state index contributed by atoms with van der Waals surface area (Å²) in [4.78, 5) is 4.37. The first-order valence-corrected chi connectivity index (χ1v) is 5.27. The molecule has 0 radical (unpaired) electrons. The molecule has 1 unspecified atom stereocenters. The third kappa shape index (κ3) is 2.26. The van der Waals surface area contributed by atoms with Crippen LogP contribution in [0.15, 0.2) is 17.2 Å². The normalized spacial score (nSPS) is 22.7. The molecule has 1 aliphatic rings. The Morgan fingerprint density at radius 1 is 1.67 bits per heavy atom. The summed E-state index contributed by atoms with van der Waals surface area (Å²) in [6, 6.07) is 0. The molecule has 1 N–H and O–H groups in total. The molecule has 2 rings (SSSR count). The maximum Gasteiger partial charge on any atom is 0.240 e. The molecule has 1 fully saturated rings. The molecule has 0 amide bonds. The predicted molar refractivity (Wildman–Crippen MR) is 57.3 cm³/mol. The lowest BCUT2D eigenvalue weighted by atomic mass is 10.1. The van der Waals surface area contributed by atoms with Crippen molar-refractivity contribution in [3.63, 3.8) is 0 Å². The van der Waals surface area contributed by atoms with Crippen molar-refractivity contribution in [3.8, 4) is 0 Å². The Hall–Kier alpha value is -1.16. The fourth-order valence-electron chi connectivity index (χ4n) is 1.67. The first-order valence-electron chi connectivity index (χ1n) is 5.27. The van der Waals surface area contributed by atoms with E-state index in [1.54, 1.807) is 6.08 Å². The highest BCUT2D eigenvalue weighted by Gasteiger charge is 2.49. The second-order valence-electron chi connectivity index (χ2n) is 4.71. The first-order chi connectivity index (χ1) is 7.13. The van der Waals surface area contributed by atoms with E-state index in [2.05, 4.69) is 35.9 Å². The summed E-state index contributed by atoms with van der Waals surface area (Å²) in [6.07, 6.45) is 2.97. The van der Waals surface area contributed by atoms with Gasteiger partial charge in [0, 0.05) is 12.5 Å². The second-order valence-corrected chi connectivity index (χ2v) is 4.71. The standard InChI is InChI=1S/C11H17N3O/c1-4-5-12-7-9-13-10(14-15-9)8-6-11(8,2)3/h4,8,12H,1,5-7H2,2-3H3. The van der Waals surface area contributed by atoms with Crippen LogP contribution in [0, 0.1) is 5.41 Å². The first kappa shape index (κ1) is 10.4. The van der Waals surface area contributed by atoms with Crippen molar-refractivity contribution >= 4 is 0 Å². The minimum atomic E-state index is 0.357. The van der Waals surface area contributed by atoms with Gasteiger partial charge in [0.15, 0.2) is 5.82 Å². The van der Waals surface area contributed by atoms with Crippen LogP contribution in [0.4, 0.5) is 0 Å². The van der Waals surface area contributed by atoms with E-state index in [4.69, 9.17) is 4.52 Å². The van der Waals surface area contributed by atoms with Crippen LogP contribution in [0.1, 0.15) is 37.9 Å². The summed E-state index contributed by atoms with van der Waals surface area (Å²) in [6.45, 7) is 9.45. The number of rotatable bonds is 5. The largest absolute Gasteiger partial charge is 0.338 e. The second kappa shape index (κ2) is 3.77. The predicted octanol–water partition coefficient (Wildman–Crippen LogP) is 1.86. The Bertz CT molecular complexity index is 356. The monoisotopic (exact) mass is 207 g/mol. The zero-order valence-corrected chi connectivity index (χ0v) is 9.29. The third-order valence-corrected chi connectivity index (χ3v) is 2.87. The van der Waals surface area contributed by atoms with Gasteiger partial charge in [0.05, 0.1) is 6.54 Å². The molecule has 15 heavy (non-hydrogen) atoms. The Kier molecular flexibility index (Phi) is 2.61. The molecule has 4 heteroatoms. The van der Waals surface area contributed by atoms with Crippen LogP contribution in [-0.4, -0.2) is 16.7 Å².